The van der Waals surface area contributed by atoms with Crippen LogP contribution in [0, 0.1) is 0 Å². The number of rotatable bonds is 7. The zero-order chi connectivity index (χ0) is 19.4. The van der Waals surface area contributed by atoms with Gasteiger partial charge in [-0.05, 0) is 31.0 Å². The molecule has 8 nitrogen and oxygen atoms in total. The summed E-state index contributed by atoms with van der Waals surface area (Å²) in [7, 11) is 0. The van der Waals surface area contributed by atoms with Gasteiger partial charge in [-0.1, -0.05) is 19.8 Å². The van der Waals surface area contributed by atoms with Crippen LogP contribution in [-0.2, 0) is 0 Å². The molecule has 0 fully saturated rings. The molecule has 1 atom stereocenters. The van der Waals surface area contributed by atoms with Crippen LogP contribution < -0.4 is 16.6 Å². The lowest BCUT2D eigenvalue weighted by molar-refractivity contribution is 0.212. The fourth-order valence-corrected chi connectivity index (χ4v) is 2.94. The number of nitrogens with zero attached hydrogens (tertiary/aromatic N) is 3. The molecular weight excluding hydrogens is 344 g/mol. The van der Waals surface area contributed by atoms with Gasteiger partial charge in [0.05, 0.1) is 17.7 Å². The number of aliphatic hydroxyl groups is 1. The van der Waals surface area contributed by atoms with Crippen molar-refractivity contribution in [2.45, 2.75) is 38.6 Å². The molecule has 3 aromatic rings. The predicted octanol–water partition coefficient (Wildman–Crippen LogP) is 2.32. The molecule has 0 aliphatic heterocycles. The SMILES string of the molecule is CCCC[C@](C)(CO)Nc1nc(N)nc2cc(-c3cc[nH]c(=O)c3)cnc12. The van der Waals surface area contributed by atoms with Crippen molar-refractivity contribution in [3.63, 3.8) is 0 Å². The van der Waals surface area contributed by atoms with Gasteiger partial charge in [0.15, 0.2) is 5.82 Å². The van der Waals surface area contributed by atoms with Crippen LogP contribution in [0.5, 0.6) is 0 Å². The summed E-state index contributed by atoms with van der Waals surface area (Å²) >= 11 is 0. The minimum Gasteiger partial charge on any atom is -0.394 e. The Bertz CT molecular complexity index is 1000. The number of aromatic nitrogens is 4. The normalized spacial score (nSPS) is 13.4. The average Bonchev–Trinajstić information content (AvgIpc) is 2.66. The summed E-state index contributed by atoms with van der Waals surface area (Å²) in [5.74, 6) is 0.605. The highest BCUT2D eigenvalue weighted by atomic mass is 16.3. The zero-order valence-corrected chi connectivity index (χ0v) is 15.5. The Morgan fingerprint density at radius 3 is 2.81 bits per heavy atom. The number of nitrogens with two attached hydrogens (primary N) is 1. The van der Waals surface area contributed by atoms with Crippen molar-refractivity contribution >= 4 is 22.8 Å². The van der Waals surface area contributed by atoms with E-state index in [0.29, 0.717) is 16.9 Å². The number of H-pyrrole nitrogens is 1. The second kappa shape index (κ2) is 7.71. The van der Waals surface area contributed by atoms with E-state index in [1.807, 2.05) is 13.0 Å². The molecule has 0 saturated carbocycles. The number of unbranched alkanes of at least 4 members (excludes halogenated alkanes) is 1. The number of aromatic amines is 1. The number of fused-ring (bicyclic) bond motifs is 1. The minimum absolute atomic E-state index is 0.0384. The van der Waals surface area contributed by atoms with Crippen LogP contribution in [0.4, 0.5) is 11.8 Å². The minimum atomic E-state index is -0.531. The van der Waals surface area contributed by atoms with Gasteiger partial charge in [0, 0.05) is 24.0 Å². The van der Waals surface area contributed by atoms with Crippen LogP contribution in [0.2, 0.25) is 0 Å². The van der Waals surface area contributed by atoms with E-state index < -0.39 is 5.54 Å². The first kappa shape index (κ1) is 18.8. The molecular formula is C19H24N6O2. The lowest BCUT2D eigenvalue weighted by atomic mass is 9.96. The molecule has 0 radical (unpaired) electrons. The predicted molar refractivity (Wildman–Crippen MR) is 106 cm³/mol. The van der Waals surface area contributed by atoms with Crippen molar-refractivity contribution in [3.8, 4) is 11.1 Å². The summed E-state index contributed by atoms with van der Waals surface area (Å²) in [6.45, 7) is 4.01. The van der Waals surface area contributed by atoms with Gasteiger partial charge in [-0.3, -0.25) is 9.78 Å². The second-order valence-corrected chi connectivity index (χ2v) is 6.91. The Hall–Kier alpha value is -3.00. The maximum Gasteiger partial charge on any atom is 0.248 e. The number of aliphatic hydroxyl groups excluding tert-OH is 1. The summed E-state index contributed by atoms with van der Waals surface area (Å²) in [5.41, 5.74) is 7.80. The van der Waals surface area contributed by atoms with Crippen LogP contribution in [0.1, 0.15) is 33.1 Å². The van der Waals surface area contributed by atoms with Gasteiger partial charge < -0.3 is 21.1 Å². The van der Waals surface area contributed by atoms with Gasteiger partial charge in [-0.2, -0.15) is 4.98 Å². The zero-order valence-electron chi connectivity index (χ0n) is 15.5. The van der Waals surface area contributed by atoms with Gasteiger partial charge in [-0.25, -0.2) is 4.98 Å². The van der Waals surface area contributed by atoms with E-state index in [1.54, 1.807) is 18.5 Å². The highest BCUT2D eigenvalue weighted by molar-refractivity contribution is 5.89. The largest absolute Gasteiger partial charge is 0.394 e. The van der Waals surface area contributed by atoms with Gasteiger partial charge in [0.25, 0.3) is 0 Å². The highest BCUT2D eigenvalue weighted by Gasteiger charge is 2.24. The van der Waals surface area contributed by atoms with E-state index in [2.05, 4.69) is 32.2 Å². The van der Waals surface area contributed by atoms with Crippen molar-refractivity contribution in [1.82, 2.24) is 19.9 Å². The number of nitrogens with one attached hydrogen (secondary N) is 2. The first-order chi connectivity index (χ1) is 12.9. The molecule has 0 bridgehead atoms. The molecule has 8 heteroatoms. The lowest BCUT2D eigenvalue weighted by Crippen LogP contribution is -2.39. The Kier molecular flexibility index (Phi) is 5.36. The van der Waals surface area contributed by atoms with Crippen molar-refractivity contribution in [1.29, 1.82) is 0 Å². The van der Waals surface area contributed by atoms with Gasteiger partial charge in [-0.15, -0.1) is 0 Å². The Balaban J connectivity index is 2.03. The maximum atomic E-state index is 11.6. The van der Waals surface area contributed by atoms with E-state index in [1.165, 1.54) is 6.07 Å². The fraction of sp³-hybridized carbons (Fsp3) is 0.368. The average molecular weight is 368 g/mol. The Labute approximate surface area is 156 Å². The molecule has 3 heterocycles. The molecule has 0 saturated heterocycles. The smallest absolute Gasteiger partial charge is 0.248 e. The Morgan fingerprint density at radius 1 is 1.30 bits per heavy atom. The third-order valence-electron chi connectivity index (χ3n) is 4.51. The van der Waals surface area contributed by atoms with E-state index in [-0.39, 0.29) is 18.1 Å². The lowest BCUT2D eigenvalue weighted by Gasteiger charge is -2.29. The van der Waals surface area contributed by atoms with Crippen molar-refractivity contribution in [2.75, 3.05) is 17.7 Å². The topological polar surface area (TPSA) is 130 Å². The molecule has 3 aromatic heterocycles. The number of anilines is 2. The molecule has 0 amide bonds. The quantitative estimate of drug-likeness (QED) is 0.503. The number of hydrogen-bond donors (Lipinski definition) is 4. The number of hydrogen-bond acceptors (Lipinski definition) is 7. The van der Waals surface area contributed by atoms with Crippen LogP contribution in [-0.4, -0.2) is 37.2 Å². The first-order valence-corrected chi connectivity index (χ1v) is 8.95. The van der Waals surface area contributed by atoms with Gasteiger partial charge in [0.1, 0.15) is 5.52 Å². The summed E-state index contributed by atoms with van der Waals surface area (Å²) < 4.78 is 0. The van der Waals surface area contributed by atoms with Crippen LogP contribution >= 0.6 is 0 Å². The van der Waals surface area contributed by atoms with Crippen LogP contribution in [0.3, 0.4) is 0 Å². The molecule has 0 spiro atoms. The van der Waals surface area contributed by atoms with Crippen LogP contribution in [0.25, 0.3) is 22.2 Å². The fourth-order valence-electron chi connectivity index (χ4n) is 2.94. The van der Waals surface area contributed by atoms with Crippen molar-refractivity contribution in [2.24, 2.45) is 0 Å². The summed E-state index contributed by atoms with van der Waals surface area (Å²) in [6, 6.07) is 5.12. The molecule has 0 aromatic carbocycles. The second-order valence-electron chi connectivity index (χ2n) is 6.91. The van der Waals surface area contributed by atoms with Gasteiger partial charge >= 0.3 is 0 Å². The van der Waals surface area contributed by atoms with E-state index >= 15 is 0 Å². The number of pyridine rings is 2. The molecule has 0 aliphatic rings. The summed E-state index contributed by atoms with van der Waals surface area (Å²) in [5, 5.41) is 13.1. The van der Waals surface area contributed by atoms with E-state index in [0.717, 1.165) is 30.4 Å². The highest BCUT2D eigenvalue weighted by Crippen LogP contribution is 2.27. The van der Waals surface area contributed by atoms with Crippen molar-refractivity contribution in [3.05, 3.63) is 40.9 Å². The maximum absolute atomic E-state index is 11.6. The number of nitrogen functional groups attached to an aromatic ring is 1. The third-order valence-corrected chi connectivity index (χ3v) is 4.51. The summed E-state index contributed by atoms with van der Waals surface area (Å²) in [6.07, 6.45) is 6.05. The molecule has 142 valence electrons. The standard InChI is InChI=1S/C19H24N6O2/c1-3-4-6-19(2,11-26)25-17-16-14(23-18(20)24-17)8-13(10-22-16)12-5-7-21-15(27)9-12/h5,7-10,26H,3-4,6,11H2,1-2H3,(H,21,27)(H3,20,23,24,25)/t19-/m1/s1. The molecule has 27 heavy (non-hydrogen) atoms. The van der Waals surface area contributed by atoms with Crippen LogP contribution in [0.15, 0.2) is 35.4 Å². The first-order valence-electron chi connectivity index (χ1n) is 8.95. The molecule has 5 N–H and O–H groups in total. The molecule has 0 unspecified atom stereocenters. The molecule has 3 rings (SSSR count). The van der Waals surface area contributed by atoms with E-state index in [9.17, 15) is 9.90 Å². The third kappa shape index (κ3) is 4.22. The van der Waals surface area contributed by atoms with Gasteiger partial charge in [0.2, 0.25) is 11.5 Å². The summed E-state index contributed by atoms with van der Waals surface area (Å²) in [4.78, 5) is 27.2. The molecule has 0 aliphatic carbocycles. The monoisotopic (exact) mass is 368 g/mol. The Morgan fingerprint density at radius 2 is 2.11 bits per heavy atom. The van der Waals surface area contributed by atoms with E-state index in [4.69, 9.17) is 5.73 Å². The van der Waals surface area contributed by atoms with Crippen molar-refractivity contribution < 1.29 is 5.11 Å².